The summed E-state index contributed by atoms with van der Waals surface area (Å²) in [5, 5.41) is 4.28. The highest BCUT2D eigenvalue weighted by atomic mass is 35.5. The van der Waals surface area contributed by atoms with Crippen molar-refractivity contribution in [3.05, 3.63) is 33.8 Å². The van der Waals surface area contributed by atoms with Crippen molar-refractivity contribution in [1.82, 2.24) is 5.32 Å². The molecule has 0 heterocycles. The summed E-state index contributed by atoms with van der Waals surface area (Å²) in [7, 11) is -3.04. The zero-order chi connectivity index (χ0) is 20.9. The minimum atomic E-state index is -3.04. The van der Waals surface area contributed by atoms with E-state index in [0.29, 0.717) is 22.4 Å². The third-order valence-electron chi connectivity index (χ3n) is 5.75. The quantitative estimate of drug-likeness (QED) is 0.538. The van der Waals surface area contributed by atoms with Crippen LogP contribution in [0.15, 0.2) is 18.2 Å². The zero-order valence-electron chi connectivity index (χ0n) is 16.9. The third kappa shape index (κ3) is 5.87. The molecule has 0 aromatic heterocycles. The second-order valence-corrected chi connectivity index (χ2v) is 11.5. The van der Waals surface area contributed by atoms with Crippen LogP contribution in [0.5, 0.6) is 0 Å². The lowest BCUT2D eigenvalue weighted by Crippen LogP contribution is -2.55. The van der Waals surface area contributed by atoms with E-state index in [-0.39, 0.29) is 35.3 Å². The molecule has 1 saturated carbocycles. The number of benzene rings is 1. The normalized spacial score (nSPS) is 17.2. The molecule has 0 aliphatic heterocycles. The number of sulfone groups is 1. The summed E-state index contributed by atoms with van der Waals surface area (Å²) < 4.78 is 23.3. The van der Waals surface area contributed by atoms with Crippen LogP contribution in [0.2, 0.25) is 10.0 Å². The molecule has 1 aromatic carbocycles. The maximum atomic E-state index is 12.6. The van der Waals surface area contributed by atoms with Crippen LogP contribution in [0.1, 0.15) is 64.9 Å². The minimum absolute atomic E-state index is 0.00576. The molecule has 1 N–H and O–H groups in total. The van der Waals surface area contributed by atoms with Crippen molar-refractivity contribution in [2.24, 2.45) is 5.92 Å². The Hall–Kier alpha value is -0.780. The molecule has 1 aliphatic rings. The van der Waals surface area contributed by atoms with Gasteiger partial charge in [-0.3, -0.25) is 4.79 Å². The molecular formula is C21H31Cl2NO3S. The fourth-order valence-electron chi connectivity index (χ4n) is 3.96. The number of rotatable bonds is 10. The van der Waals surface area contributed by atoms with Gasteiger partial charge in [0, 0.05) is 23.6 Å². The maximum absolute atomic E-state index is 12.6. The molecule has 0 saturated heterocycles. The van der Waals surface area contributed by atoms with Gasteiger partial charge in [-0.15, -0.1) is 0 Å². The first-order chi connectivity index (χ1) is 13.1. The molecule has 7 heteroatoms. The van der Waals surface area contributed by atoms with Crippen LogP contribution in [-0.4, -0.2) is 31.9 Å². The van der Waals surface area contributed by atoms with E-state index in [2.05, 4.69) is 19.2 Å². The molecule has 1 fully saturated rings. The Balaban J connectivity index is 2.15. The zero-order valence-corrected chi connectivity index (χ0v) is 19.3. The third-order valence-corrected chi connectivity index (χ3v) is 8.28. The van der Waals surface area contributed by atoms with Crippen LogP contribution < -0.4 is 5.32 Å². The van der Waals surface area contributed by atoms with Gasteiger partial charge in [-0.05, 0) is 49.3 Å². The molecule has 158 valence electrons. The van der Waals surface area contributed by atoms with Crippen molar-refractivity contribution in [1.29, 1.82) is 0 Å². The molecule has 0 radical (unpaired) electrons. The molecule has 28 heavy (non-hydrogen) atoms. The Morgan fingerprint density at radius 1 is 1.21 bits per heavy atom. The lowest BCUT2D eigenvalue weighted by molar-refractivity contribution is -0.122. The molecule has 0 bridgehead atoms. The average molecular weight is 448 g/mol. The first-order valence-corrected chi connectivity index (χ1v) is 12.6. The summed E-state index contributed by atoms with van der Waals surface area (Å²) in [5.41, 5.74) is 0.983. The van der Waals surface area contributed by atoms with Crippen molar-refractivity contribution in [2.45, 2.75) is 70.8 Å². The first-order valence-electron chi connectivity index (χ1n) is 10.0. The summed E-state index contributed by atoms with van der Waals surface area (Å²) in [6.07, 6.45) is 4.54. The van der Waals surface area contributed by atoms with Crippen LogP contribution in [0.3, 0.4) is 0 Å². The highest BCUT2D eigenvalue weighted by Crippen LogP contribution is 2.49. The molecule has 1 amide bonds. The number of hydrogen-bond donors (Lipinski definition) is 1. The predicted octanol–water partition coefficient (Wildman–Crippen LogP) is 5.16. The van der Waals surface area contributed by atoms with Gasteiger partial charge in [0.25, 0.3) is 0 Å². The van der Waals surface area contributed by atoms with E-state index in [1.54, 1.807) is 6.92 Å². The van der Waals surface area contributed by atoms with E-state index in [1.807, 2.05) is 18.2 Å². The van der Waals surface area contributed by atoms with E-state index < -0.39 is 9.84 Å². The van der Waals surface area contributed by atoms with Gasteiger partial charge in [0.15, 0.2) is 0 Å². The standard InChI is InChI=1S/C21H31Cl2NO3S/c1-4-28(26,27)12-5-7-20(25)24-19(13-15(2)3)21(10-6-11-21)16-8-9-17(22)18(23)14-16/h8-9,14-15,19H,4-7,10-13H2,1-3H3,(H,24,25). The van der Waals surface area contributed by atoms with Crippen molar-refractivity contribution in [3.63, 3.8) is 0 Å². The monoisotopic (exact) mass is 447 g/mol. The van der Waals surface area contributed by atoms with E-state index in [0.717, 1.165) is 31.2 Å². The summed E-state index contributed by atoms with van der Waals surface area (Å²) >= 11 is 12.4. The van der Waals surface area contributed by atoms with Crippen molar-refractivity contribution < 1.29 is 13.2 Å². The van der Waals surface area contributed by atoms with Gasteiger partial charge < -0.3 is 5.32 Å². The van der Waals surface area contributed by atoms with Gasteiger partial charge in [-0.2, -0.15) is 0 Å². The Labute approximate surface area is 179 Å². The van der Waals surface area contributed by atoms with Gasteiger partial charge in [-0.1, -0.05) is 56.5 Å². The van der Waals surface area contributed by atoms with Gasteiger partial charge in [0.2, 0.25) is 5.91 Å². The number of carbonyl (C=O) groups excluding carboxylic acids is 1. The minimum Gasteiger partial charge on any atom is -0.352 e. The molecule has 1 aromatic rings. The second kappa shape index (κ2) is 9.82. The molecule has 2 rings (SSSR count). The number of amides is 1. The largest absolute Gasteiger partial charge is 0.352 e. The van der Waals surface area contributed by atoms with Crippen LogP contribution in [0.25, 0.3) is 0 Å². The smallest absolute Gasteiger partial charge is 0.220 e. The number of carbonyl (C=O) groups is 1. The van der Waals surface area contributed by atoms with Crippen LogP contribution in [-0.2, 0) is 20.0 Å². The molecular weight excluding hydrogens is 417 g/mol. The van der Waals surface area contributed by atoms with Crippen LogP contribution in [0.4, 0.5) is 0 Å². The lowest BCUT2D eigenvalue weighted by atomic mass is 9.59. The van der Waals surface area contributed by atoms with Crippen LogP contribution >= 0.6 is 23.2 Å². The van der Waals surface area contributed by atoms with Gasteiger partial charge in [0.05, 0.1) is 15.8 Å². The van der Waals surface area contributed by atoms with E-state index in [4.69, 9.17) is 23.2 Å². The SMILES string of the molecule is CCS(=O)(=O)CCCC(=O)NC(CC(C)C)C1(c2ccc(Cl)c(Cl)c2)CCC1. The van der Waals surface area contributed by atoms with Crippen molar-refractivity contribution in [3.8, 4) is 0 Å². The first kappa shape index (κ1) is 23.5. The molecule has 4 nitrogen and oxygen atoms in total. The van der Waals surface area contributed by atoms with Crippen LogP contribution in [0, 0.1) is 5.92 Å². The molecule has 0 spiro atoms. The van der Waals surface area contributed by atoms with Crippen molar-refractivity contribution >= 4 is 38.9 Å². The topological polar surface area (TPSA) is 63.2 Å². The van der Waals surface area contributed by atoms with Gasteiger partial charge in [0.1, 0.15) is 9.84 Å². The van der Waals surface area contributed by atoms with E-state index in [9.17, 15) is 13.2 Å². The van der Waals surface area contributed by atoms with Gasteiger partial charge in [-0.25, -0.2) is 8.42 Å². The number of halogens is 2. The number of nitrogens with one attached hydrogen (secondary N) is 1. The molecule has 1 aliphatic carbocycles. The fraction of sp³-hybridized carbons (Fsp3) is 0.667. The average Bonchev–Trinajstić information content (AvgIpc) is 2.56. The van der Waals surface area contributed by atoms with E-state index in [1.165, 1.54) is 0 Å². The summed E-state index contributed by atoms with van der Waals surface area (Å²) in [4.78, 5) is 12.6. The maximum Gasteiger partial charge on any atom is 0.220 e. The Morgan fingerprint density at radius 3 is 2.39 bits per heavy atom. The molecule has 1 atom stereocenters. The molecule has 1 unspecified atom stereocenters. The Bertz CT molecular complexity index is 789. The summed E-state index contributed by atoms with van der Waals surface area (Å²) in [6, 6.07) is 5.76. The highest BCUT2D eigenvalue weighted by molar-refractivity contribution is 7.91. The Kier molecular flexibility index (Phi) is 8.24. The second-order valence-electron chi connectivity index (χ2n) is 8.23. The van der Waals surface area contributed by atoms with E-state index >= 15 is 0 Å². The summed E-state index contributed by atoms with van der Waals surface area (Å²) in [6.45, 7) is 5.92. The number of hydrogen-bond acceptors (Lipinski definition) is 3. The van der Waals surface area contributed by atoms with Crippen molar-refractivity contribution in [2.75, 3.05) is 11.5 Å². The predicted molar refractivity (Wildman–Crippen MR) is 117 cm³/mol. The van der Waals surface area contributed by atoms with Gasteiger partial charge >= 0.3 is 0 Å². The summed E-state index contributed by atoms with van der Waals surface area (Å²) in [5.74, 6) is 0.517. The lowest BCUT2D eigenvalue weighted by Gasteiger charge is -2.49. The Morgan fingerprint density at radius 2 is 1.89 bits per heavy atom. The fourth-order valence-corrected chi connectivity index (χ4v) is 5.13. The highest BCUT2D eigenvalue weighted by Gasteiger charge is 2.46.